The lowest BCUT2D eigenvalue weighted by molar-refractivity contribution is -0.137. The molecule has 0 amide bonds. The second-order valence-corrected chi connectivity index (χ2v) is 10.0. The summed E-state index contributed by atoms with van der Waals surface area (Å²) in [6.07, 6.45) is 9.36. The molecule has 0 saturated heterocycles. The molecule has 2 rings (SSSR count). The molecule has 1 aliphatic rings. The van der Waals surface area contributed by atoms with Crippen LogP contribution in [0.15, 0.2) is 38.6 Å². The van der Waals surface area contributed by atoms with Crippen molar-refractivity contribution in [3.63, 3.8) is 0 Å². The summed E-state index contributed by atoms with van der Waals surface area (Å²) >= 11 is 8.63. The minimum atomic E-state index is -0.796. The smallest absolute Gasteiger partial charge is 0.303 e. The zero-order valence-corrected chi connectivity index (χ0v) is 20.1. The fourth-order valence-electron chi connectivity index (χ4n) is 3.61. The van der Waals surface area contributed by atoms with Gasteiger partial charge in [-0.15, -0.1) is 11.3 Å². The van der Waals surface area contributed by atoms with Crippen molar-refractivity contribution in [3.05, 3.63) is 43.5 Å². The number of carboxylic acid groups (broad SMARTS) is 1. The van der Waals surface area contributed by atoms with Crippen LogP contribution in [0.2, 0.25) is 0 Å². The third-order valence-corrected chi connectivity index (χ3v) is 8.91. The molecule has 5 nitrogen and oxygen atoms in total. The Hall–Kier alpha value is -0.510. The molecule has 0 spiro atoms. The lowest BCUT2D eigenvalue weighted by Crippen LogP contribution is -2.20. The Morgan fingerprint density at radius 1 is 1.28 bits per heavy atom. The highest BCUT2D eigenvalue weighted by atomic mass is 79.9. The maximum atomic E-state index is 10.5. The van der Waals surface area contributed by atoms with Gasteiger partial charge < -0.3 is 20.4 Å². The molecule has 1 aliphatic carbocycles. The monoisotopic (exact) mass is 550 g/mol. The first-order chi connectivity index (χ1) is 13.8. The largest absolute Gasteiger partial charge is 0.481 e. The maximum absolute atomic E-state index is 10.5. The fourth-order valence-corrected chi connectivity index (χ4v) is 5.82. The van der Waals surface area contributed by atoms with Crippen molar-refractivity contribution in [3.8, 4) is 0 Å². The Balaban J connectivity index is 1.84. The van der Waals surface area contributed by atoms with Crippen LogP contribution in [-0.4, -0.2) is 44.7 Å². The molecule has 0 bridgehead atoms. The van der Waals surface area contributed by atoms with Crippen LogP contribution in [0.4, 0.5) is 0 Å². The minimum absolute atomic E-state index is 0.105. The fraction of sp³-hybridized carbons (Fsp3) is 0.571. The van der Waals surface area contributed by atoms with E-state index in [9.17, 15) is 20.1 Å². The number of aryl methyl sites for hydroxylation is 1. The summed E-state index contributed by atoms with van der Waals surface area (Å²) in [6, 6.07) is 0. The van der Waals surface area contributed by atoms with E-state index in [4.69, 9.17) is 5.11 Å². The van der Waals surface area contributed by atoms with Gasteiger partial charge in [-0.3, -0.25) is 4.79 Å². The van der Waals surface area contributed by atoms with Gasteiger partial charge in [-0.05, 0) is 69.9 Å². The molecule has 1 saturated carbocycles. The molecule has 162 valence electrons. The molecule has 0 aromatic carbocycles. The van der Waals surface area contributed by atoms with E-state index in [1.807, 2.05) is 23.6 Å². The van der Waals surface area contributed by atoms with E-state index in [1.165, 1.54) is 4.88 Å². The number of aliphatic hydroxyl groups is 3. The molecule has 0 aliphatic heterocycles. The molecular formula is C21H28Br2O5S. The zero-order valence-electron chi connectivity index (χ0n) is 16.1. The third-order valence-electron chi connectivity index (χ3n) is 5.23. The normalized spacial score (nSPS) is 26.0. The third kappa shape index (κ3) is 7.92. The van der Waals surface area contributed by atoms with Crippen LogP contribution in [0.25, 0.3) is 0 Å². The Morgan fingerprint density at radius 2 is 2.03 bits per heavy atom. The van der Waals surface area contributed by atoms with Gasteiger partial charge in [-0.25, -0.2) is 0 Å². The second kappa shape index (κ2) is 12.4. The van der Waals surface area contributed by atoms with Crippen molar-refractivity contribution < 1.29 is 25.2 Å². The molecule has 1 aromatic rings. The number of allylic oxidation sites excluding steroid dienone is 2. The van der Waals surface area contributed by atoms with E-state index in [1.54, 1.807) is 17.4 Å². The zero-order chi connectivity index (χ0) is 21.4. The van der Waals surface area contributed by atoms with E-state index in [0.29, 0.717) is 32.1 Å². The molecule has 1 heterocycles. The Bertz CT molecular complexity index is 718. The predicted molar refractivity (Wildman–Crippen MR) is 122 cm³/mol. The summed E-state index contributed by atoms with van der Waals surface area (Å²) in [6.45, 7) is 0. The van der Waals surface area contributed by atoms with Crippen LogP contribution >= 0.6 is 43.2 Å². The van der Waals surface area contributed by atoms with Gasteiger partial charge in [0.05, 0.1) is 18.3 Å². The quantitative estimate of drug-likeness (QED) is 0.236. The summed E-state index contributed by atoms with van der Waals surface area (Å²) in [5.41, 5.74) is 0. The van der Waals surface area contributed by atoms with Crippen LogP contribution in [0, 0.1) is 11.8 Å². The number of unbranched alkanes of at least 4 members (excludes halogenated alkanes) is 1. The first kappa shape index (κ1) is 24.8. The summed E-state index contributed by atoms with van der Waals surface area (Å²) < 4.78 is 2.05. The van der Waals surface area contributed by atoms with Crippen molar-refractivity contribution in [1.29, 1.82) is 0 Å². The van der Waals surface area contributed by atoms with Crippen molar-refractivity contribution >= 4 is 49.2 Å². The molecule has 3 unspecified atom stereocenters. The van der Waals surface area contributed by atoms with Crippen molar-refractivity contribution in [2.75, 3.05) is 0 Å². The number of hydrogen-bond donors (Lipinski definition) is 4. The van der Waals surface area contributed by atoms with E-state index in [-0.39, 0.29) is 18.3 Å². The number of halogens is 2. The number of rotatable bonds is 11. The average molecular weight is 552 g/mol. The summed E-state index contributed by atoms with van der Waals surface area (Å²) in [5.74, 6) is -1.10. The lowest BCUT2D eigenvalue weighted by Gasteiger charge is -2.19. The number of thiophene rings is 1. The molecule has 4 N–H and O–H groups in total. The van der Waals surface area contributed by atoms with Gasteiger partial charge in [-0.2, -0.15) is 0 Å². The first-order valence-electron chi connectivity index (χ1n) is 9.80. The van der Waals surface area contributed by atoms with Crippen LogP contribution in [-0.2, 0) is 11.2 Å². The molecular weight excluding hydrogens is 524 g/mol. The molecule has 5 atom stereocenters. The topological polar surface area (TPSA) is 98.0 Å². The van der Waals surface area contributed by atoms with Gasteiger partial charge in [0, 0.05) is 38.0 Å². The summed E-state index contributed by atoms with van der Waals surface area (Å²) in [4.78, 5) is 11.7. The highest BCUT2D eigenvalue weighted by Crippen LogP contribution is 2.37. The standard InChI is InChI=1S/C21H28Br2O5S/c22-16-12-29-19(21(16)23)10-8-13(24)7-9-15-14(17(25)11-18(15)26)5-3-1-2-4-6-20(27)28/h1,3,7,9,12-15,17-18,24-26H,2,4-6,8,10-11H2,(H,27,28)/b3-1-,9-7+/t13?,14-,15-,17?,18?/m1/s1. The maximum Gasteiger partial charge on any atom is 0.303 e. The highest BCUT2D eigenvalue weighted by Gasteiger charge is 2.39. The average Bonchev–Trinajstić information content (AvgIpc) is 3.12. The number of aliphatic carboxylic acids is 1. The molecule has 8 heteroatoms. The molecule has 29 heavy (non-hydrogen) atoms. The second-order valence-electron chi connectivity index (χ2n) is 7.42. The number of hydrogen-bond acceptors (Lipinski definition) is 5. The van der Waals surface area contributed by atoms with Gasteiger partial charge in [0.1, 0.15) is 0 Å². The van der Waals surface area contributed by atoms with Gasteiger partial charge in [0.2, 0.25) is 0 Å². The molecule has 1 fully saturated rings. The van der Waals surface area contributed by atoms with Gasteiger partial charge >= 0.3 is 5.97 Å². The highest BCUT2D eigenvalue weighted by molar-refractivity contribution is 9.13. The van der Waals surface area contributed by atoms with Crippen LogP contribution in [0.5, 0.6) is 0 Å². The van der Waals surface area contributed by atoms with Crippen LogP contribution < -0.4 is 0 Å². The molecule has 0 radical (unpaired) electrons. The van der Waals surface area contributed by atoms with Crippen molar-refractivity contribution in [2.24, 2.45) is 11.8 Å². The minimum Gasteiger partial charge on any atom is -0.481 e. The molecule has 1 aromatic heterocycles. The van der Waals surface area contributed by atoms with Crippen LogP contribution in [0.3, 0.4) is 0 Å². The van der Waals surface area contributed by atoms with Gasteiger partial charge in [-0.1, -0.05) is 24.3 Å². The van der Waals surface area contributed by atoms with Gasteiger partial charge in [0.15, 0.2) is 0 Å². The van der Waals surface area contributed by atoms with E-state index in [0.717, 1.165) is 15.4 Å². The number of carboxylic acids is 1. The first-order valence-corrected chi connectivity index (χ1v) is 12.3. The van der Waals surface area contributed by atoms with E-state index >= 15 is 0 Å². The van der Waals surface area contributed by atoms with Crippen molar-refractivity contribution in [1.82, 2.24) is 0 Å². The lowest BCUT2D eigenvalue weighted by atomic mass is 9.89. The van der Waals surface area contributed by atoms with E-state index < -0.39 is 24.3 Å². The Kier molecular flexibility index (Phi) is 10.6. The van der Waals surface area contributed by atoms with Crippen molar-refractivity contribution in [2.45, 2.75) is 63.3 Å². The predicted octanol–water partition coefficient (Wildman–Crippen LogP) is 4.68. The van der Waals surface area contributed by atoms with Gasteiger partial charge in [0.25, 0.3) is 0 Å². The Labute approximate surface area is 192 Å². The number of aliphatic hydroxyl groups excluding tert-OH is 3. The summed E-state index contributed by atoms with van der Waals surface area (Å²) in [7, 11) is 0. The SMILES string of the molecule is O=C(O)CCC/C=C\C[C@H]1C(O)CC(O)[C@@H]1/C=C/C(O)CCc1scc(Br)c1Br. The number of carbonyl (C=O) groups is 1. The summed E-state index contributed by atoms with van der Waals surface area (Å²) in [5, 5.41) is 41.5. The van der Waals surface area contributed by atoms with Crippen LogP contribution in [0.1, 0.15) is 43.4 Å². The Morgan fingerprint density at radius 3 is 2.69 bits per heavy atom. The van der Waals surface area contributed by atoms with E-state index in [2.05, 4.69) is 31.9 Å².